The molecule has 0 radical (unpaired) electrons. The Labute approximate surface area is 133 Å². The zero-order valence-corrected chi connectivity index (χ0v) is 13.7. The standard InChI is InChI=1S/C18H27N3O/c1-15(16-6-4-3-5-7-16)20(2)17(22)12-21-11-9-18(14-21)8-10-19-13-18/h3-7,15,19H,8-14H2,1-2H3. The molecule has 1 aromatic carbocycles. The average molecular weight is 301 g/mol. The summed E-state index contributed by atoms with van der Waals surface area (Å²) in [6.07, 6.45) is 2.49. The number of likely N-dealkylation sites (N-methyl/N-ethyl adjacent to an activating group) is 1. The summed E-state index contributed by atoms with van der Waals surface area (Å²) < 4.78 is 0. The molecule has 2 aliphatic rings. The molecule has 2 heterocycles. The van der Waals surface area contributed by atoms with Crippen molar-refractivity contribution in [1.82, 2.24) is 15.1 Å². The third kappa shape index (κ3) is 3.18. The van der Waals surface area contributed by atoms with Crippen LogP contribution in [0.2, 0.25) is 0 Å². The highest BCUT2D eigenvalue weighted by Gasteiger charge is 2.40. The van der Waals surface area contributed by atoms with Gasteiger partial charge in [-0.3, -0.25) is 9.69 Å². The van der Waals surface area contributed by atoms with Crippen molar-refractivity contribution in [3.05, 3.63) is 35.9 Å². The van der Waals surface area contributed by atoms with Gasteiger partial charge in [0.25, 0.3) is 0 Å². The van der Waals surface area contributed by atoms with Crippen LogP contribution in [0.1, 0.15) is 31.4 Å². The van der Waals surface area contributed by atoms with E-state index in [1.54, 1.807) is 0 Å². The first-order valence-corrected chi connectivity index (χ1v) is 8.33. The van der Waals surface area contributed by atoms with E-state index in [0.717, 1.165) is 26.2 Å². The first-order valence-electron chi connectivity index (χ1n) is 8.33. The minimum atomic E-state index is 0.124. The first-order chi connectivity index (χ1) is 10.6. The van der Waals surface area contributed by atoms with Gasteiger partial charge in [0.1, 0.15) is 0 Å². The molecule has 1 N–H and O–H groups in total. The van der Waals surface area contributed by atoms with E-state index in [4.69, 9.17) is 0 Å². The number of benzene rings is 1. The van der Waals surface area contributed by atoms with Crippen molar-refractivity contribution in [2.75, 3.05) is 39.8 Å². The van der Waals surface area contributed by atoms with Crippen LogP contribution in [0.25, 0.3) is 0 Å². The van der Waals surface area contributed by atoms with Crippen LogP contribution in [0.3, 0.4) is 0 Å². The van der Waals surface area contributed by atoms with Gasteiger partial charge in [0, 0.05) is 20.1 Å². The summed E-state index contributed by atoms with van der Waals surface area (Å²) in [5.41, 5.74) is 1.63. The van der Waals surface area contributed by atoms with E-state index in [2.05, 4.69) is 29.3 Å². The summed E-state index contributed by atoms with van der Waals surface area (Å²) >= 11 is 0. The number of nitrogens with zero attached hydrogens (tertiary/aromatic N) is 2. The third-order valence-corrected chi connectivity index (χ3v) is 5.46. The highest BCUT2D eigenvalue weighted by atomic mass is 16.2. The fraction of sp³-hybridized carbons (Fsp3) is 0.611. The van der Waals surface area contributed by atoms with E-state index in [0.29, 0.717) is 12.0 Å². The van der Waals surface area contributed by atoms with Crippen LogP contribution in [0.5, 0.6) is 0 Å². The second-order valence-corrected chi connectivity index (χ2v) is 6.98. The second kappa shape index (κ2) is 6.39. The molecule has 22 heavy (non-hydrogen) atoms. The topological polar surface area (TPSA) is 35.6 Å². The van der Waals surface area contributed by atoms with Crippen LogP contribution >= 0.6 is 0 Å². The molecule has 4 nitrogen and oxygen atoms in total. The Kier molecular flexibility index (Phi) is 4.50. The van der Waals surface area contributed by atoms with Gasteiger partial charge in [-0.15, -0.1) is 0 Å². The van der Waals surface area contributed by atoms with Crippen molar-refractivity contribution in [3.8, 4) is 0 Å². The Morgan fingerprint density at radius 1 is 1.36 bits per heavy atom. The van der Waals surface area contributed by atoms with Crippen molar-refractivity contribution in [1.29, 1.82) is 0 Å². The van der Waals surface area contributed by atoms with Gasteiger partial charge in [0.05, 0.1) is 12.6 Å². The van der Waals surface area contributed by atoms with Gasteiger partial charge in [0.2, 0.25) is 5.91 Å². The van der Waals surface area contributed by atoms with Crippen LogP contribution in [-0.2, 0) is 4.79 Å². The molecule has 2 saturated heterocycles. The van der Waals surface area contributed by atoms with Gasteiger partial charge in [-0.2, -0.15) is 0 Å². The molecule has 1 spiro atoms. The number of likely N-dealkylation sites (tertiary alicyclic amines) is 1. The lowest BCUT2D eigenvalue weighted by molar-refractivity contribution is -0.132. The van der Waals surface area contributed by atoms with E-state index in [1.165, 1.54) is 18.4 Å². The minimum absolute atomic E-state index is 0.124. The normalized spacial score (nSPS) is 26.5. The Balaban J connectivity index is 1.55. The summed E-state index contributed by atoms with van der Waals surface area (Å²) in [5.74, 6) is 0.222. The Morgan fingerprint density at radius 2 is 2.14 bits per heavy atom. The molecule has 2 atom stereocenters. The van der Waals surface area contributed by atoms with Gasteiger partial charge in [-0.25, -0.2) is 0 Å². The molecular weight excluding hydrogens is 274 g/mol. The minimum Gasteiger partial charge on any atom is -0.338 e. The molecule has 2 fully saturated rings. The first kappa shape index (κ1) is 15.5. The summed E-state index contributed by atoms with van der Waals surface area (Å²) in [6.45, 7) is 7.02. The van der Waals surface area contributed by atoms with E-state index >= 15 is 0 Å². The van der Waals surface area contributed by atoms with E-state index in [9.17, 15) is 4.79 Å². The summed E-state index contributed by atoms with van der Waals surface area (Å²) in [5, 5.41) is 3.47. The maximum absolute atomic E-state index is 12.6. The Morgan fingerprint density at radius 3 is 2.82 bits per heavy atom. The second-order valence-electron chi connectivity index (χ2n) is 6.98. The number of rotatable bonds is 4. The fourth-order valence-corrected chi connectivity index (χ4v) is 3.78. The van der Waals surface area contributed by atoms with Crippen molar-refractivity contribution in [3.63, 3.8) is 0 Å². The van der Waals surface area contributed by atoms with E-state index < -0.39 is 0 Å². The van der Waals surface area contributed by atoms with Gasteiger partial charge < -0.3 is 10.2 Å². The molecule has 0 saturated carbocycles. The highest BCUT2D eigenvalue weighted by Crippen LogP contribution is 2.35. The van der Waals surface area contributed by atoms with Crippen LogP contribution < -0.4 is 5.32 Å². The van der Waals surface area contributed by atoms with Gasteiger partial charge >= 0.3 is 0 Å². The number of hydrogen-bond acceptors (Lipinski definition) is 3. The smallest absolute Gasteiger partial charge is 0.236 e. The maximum atomic E-state index is 12.6. The third-order valence-electron chi connectivity index (χ3n) is 5.46. The lowest BCUT2D eigenvalue weighted by Crippen LogP contribution is -2.39. The van der Waals surface area contributed by atoms with Gasteiger partial charge in [0.15, 0.2) is 0 Å². The lowest BCUT2D eigenvalue weighted by atomic mass is 9.87. The summed E-state index contributed by atoms with van der Waals surface area (Å²) in [7, 11) is 1.92. The SMILES string of the molecule is CC(c1ccccc1)N(C)C(=O)CN1CCC2(CCNC2)C1. The predicted octanol–water partition coefficient (Wildman–Crippen LogP) is 1.89. The molecule has 3 rings (SSSR count). The molecule has 0 bridgehead atoms. The maximum Gasteiger partial charge on any atom is 0.236 e. The van der Waals surface area contributed by atoms with Crippen molar-refractivity contribution < 1.29 is 4.79 Å². The molecular formula is C18H27N3O. The Hall–Kier alpha value is -1.39. The average Bonchev–Trinajstić information content (AvgIpc) is 3.17. The quantitative estimate of drug-likeness (QED) is 0.922. The molecule has 120 valence electrons. The van der Waals surface area contributed by atoms with E-state index in [-0.39, 0.29) is 11.9 Å². The molecule has 0 aliphatic carbocycles. The monoisotopic (exact) mass is 301 g/mol. The number of nitrogens with one attached hydrogen (secondary N) is 1. The molecule has 4 heteroatoms. The zero-order chi connectivity index (χ0) is 15.6. The molecule has 1 aromatic rings. The van der Waals surface area contributed by atoms with Crippen LogP contribution in [0.4, 0.5) is 0 Å². The molecule has 1 amide bonds. The van der Waals surface area contributed by atoms with Crippen molar-refractivity contribution in [2.24, 2.45) is 5.41 Å². The van der Waals surface area contributed by atoms with E-state index in [1.807, 2.05) is 30.1 Å². The molecule has 2 aliphatic heterocycles. The predicted molar refractivity (Wildman–Crippen MR) is 88.6 cm³/mol. The highest BCUT2D eigenvalue weighted by molar-refractivity contribution is 5.78. The van der Waals surface area contributed by atoms with Crippen LogP contribution in [0, 0.1) is 5.41 Å². The van der Waals surface area contributed by atoms with Crippen molar-refractivity contribution in [2.45, 2.75) is 25.8 Å². The number of hydrogen-bond donors (Lipinski definition) is 1. The summed E-state index contributed by atoms with van der Waals surface area (Å²) in [4.78, 5) is 16.8. The van der Waals surface area contributed by atoms with Crippen LogP contribution in [-0.4, -0.2) is 55.5 Å². The largest absolute Gasteiger partial charge is 0.338 e. The van der Waals surface area contributed by atoms with Gasteiger partial charge in [-0.1, -0.05) is 30.3 Å². The molecule has 2 unspecified atom stereocenters. The fourth-order valence-electron chi connectivity index (χ4n) is 3.78. The van der Waals surface area contributed by atoms with Crippen LogP contribution in [0.15, 0.2) is 30.3 Å². The summed E-state index contributed by atoms with van der Waals surface area (Å²) in [6, 6.07) is 10.4. The number of carbonyl (C=O) groups is 1. The number of amides is 1. The number of carbonyl (C=O) groups excluding carboxylic acids is 1. The van der Waals surface area contributed by atoms with Crippen molar-refractivity contribution >= 4 is 5.91 Å². The molecule has 0 aromatic heterocycles. The zero-order valence-electron chi connectivity index (χ0n) is 13.7. The Bertz CT molecular complexity index is 510. The van der Waals surface area contributed by atoms with Gasteiger partial charge in [-0.05, 0) is 43.8 Å². The lowest BCUT2D eigenvalue weighted by Gasteiger charge is -2.28.